The van der Waals surface area contributed by atoms with Gasteiger partial charge in [-0.3, -0.25) is 9.59 Å². The molecule has 0 spiro atoms. The minimum Gasteiger partial charge on any atom is -0.457 e. The molecule has 198 valence electrons. The van der Waals surface area contributed by atoms with E-state index in [0.29, 0.717) is 17.9 Å². The Bertz CT molecular complexity index is 1120. The van der Waals surface area contributed by atoms with Crippen molar-refractivity contribution in [3.05, 3.63) is 29.7 Å². The van der Waals surface area contributed by atoms with Crippen LogP contribution in [0.3, 0.4) is 0 Å². The number of hydrogen-bond donors (Lipinski definition) is 2. The molecule has 2 fully saturated rings. The SMILES string of the molecule is Cc1nc2ccc(C3CC4OC4(C)CCCC(C)C(O)C(C)C(=O)C(C)(C)C(O)CC(=O)O3)cc2o1. The third-order valence-electron chi connectivity index (χ3n) is 8.30. The number of rotatable bonds is 1. The summed E-state index contributed by atoms with van der Waals surface area (Å²) >= 11 is 0. The fourth-order valence-corrected chi connectivity index (χ4v) is 5.48. The van der Waals surface area contributed by atoms with Crippen LogP contribution in [0.15, 0.2) is 22.6 Å². The van der Waals surface area contributed by atoms with Crippen LogP contribution >= 0.6 is 0 Å². The number of cyclic esters (lactones) is 1. The predicted octanol–water partition coefficient (Wildman–Crippen LogP) is 4.43. The molecule has 36 heavy (non-hydrogen) atoms. The minimum atomic E-state index is -1.25. The van der Waals surface area contributed by atoms with Crippen molar-refractivity contribution >= 4 is 22.9 Å². The number of fused-ring (bicyclic) bond motifs is 2. The number of carbonyl (C=O) groups excluding carboxylic acids is 2. The third-order valence-corrected chi connectivity index (χ3v) is 8.30. The summed E-state index contributed by atoms with van der Waals surface area (Å²) < 4.78 is 17.6. The van der Waals surface area contributed by atoms with Crippen molar-refractivity contribution in [2.24, 2.45) is 17.3 Å². The van der Waals surface area contributed by atoms with Gasteiger partial charge >= 0.3 is 5.97 Å². The molecule has 7 atom stereocenters. The number of oxazole rings is 1. The highest BCUT2D eigenvalue weighted by Crippen LogP contribution is 2.46. The molecule has 1 aromatic heterocycles. The minimum absolute atomic E-state index is 0.0830. The lowest BCUT2D eigenvalue weighted by Crippen LogP contribution is -2.45. The molecule has 2 N–H and O–H groups in total. The van der Waals surface area contributed by atoms with Crippen molar-refractivity contribution in [1.29, 1.82) is 0 Å². The van der Waals surface area contributed by atoms with Gasteiger partial charge in [0.25, 0.3) is 0 Å². The summed E-state index contributed by atoms with van der Waals surface area (Å²) in [6.45, 7) is 10.7. The standard InChI is InChI=1S/C28H39NO7/c1-15-8-7-11-28(6)23(36-28)13-20(18-9-10-19-21(12-18)34-17(3)29-19)35-24(31)14-22(30)27(4,5)26(33)16(2)25(15)32/h9-10,12,15-16,20,22-23,25,30,32H,7-8,11,13-14H2,1-6H3. The molecule has 2 aliphatic heterocycles. The van der Waals surface area contributed by atoms with Gasteiger partial charge in [-0.1, -0.05) is 40.2 Å². The highest BCUT2D eigenvalue weighted by atomic mass is 16.6. The van der Waals surface area contributed by atoms with Crippen LogP contribution in [0.2, 0.25) is 0 Å². The summed E-state index contributed by atoms with van der Waals surface area (Å²) in [5.41, 5.74) is 0.550. The van der Waals surface area contributed by atoms with Crippen molar-refractivity contribution < 1.29 is 33.7 Å². The number of epoxide rings is 1. The topological polar surface area (TPSA) is 122 Å². The fourth-order valence-electron chi connectivity index (χ4n) is 5.48. The van der Waals surface area contributed by atoms with Crippen LogP contribution in [0.25, 0.3) is 11.1 Å². The van der Waals surface area contributed by atoms with E-state index >= 15 is 0 Å². The van der Waals surface area contributed by atoms with Gasteiger partial charge in [-0.15, -0.1) is 0 Å². The average Bonchev–Trinajstić information content (AvgIpc) is 3.28. The van der Waals surface area contributed by atoms with Crippen LogP contribution in [0.5, 0.6) is 0 Å². The highest BCUT2D eigenvalue weighted by molar-refractivity contribution is 5.88. The molecular formula is C28H39NO7. The quantitative estimate of drug-likeness (QED) is 0.435. The first kappa shape index (κ1) is 26.8. The van der Waals surface area contributed by atoms with Gasteiger partial charge in [0.2, 0.25) is 0 Å². The van der Waals surface area contributed by atoms with Crippen LogP contribution < -0.4 is 0 Å². The molecule has 0 aliphatic carbocycles. The lowest BCUT2D eigenvalue weighted by atomic mass is 9.73. The Morgan fingerprint density at radius 3 is 2.56 bits per heavy atom. The van der Waals surface area contributed by atoms with Gasteiger partial charge in [0.1, 0.15) is 17.4 Å². The smallest absolute Gasteiger partial charge is 0.309 e. The van der Waals surface area contributed by atoms with Gasteiger partial charge in [0.15, 0.2) is 11.5 Å². The number of aryl methyl sites for hydroxylation is 1. The predicted molar refractivity (Wildman–Crippen MR) is 133 cm³/mol. The number of esters is 1. The Kier molecular flexibility index (Phi) is 7.34. The summed E-state index contributed by atoms with van der Waals surface area (Å²) in [5.74, 6) is -1.06. The zero-order chi connectivity index (χ0) is 26.4. The van der Waals surface area contributed by atoms with Crippen LogP contribution in [-0.4, -0.2) is 50.9 Å². The van der Waals surface area contributed by atoms with Crippen molar-refractivity contribution in [3.8, 4) is 0 Å². The van der Waals surface area contributed by atoms with E-state index in [-0.39, 0.29) is 29.8 Å². The third kappa shape index (κ3) is 5.36. The number of carbonyl (C=O) groups is 2. The van der Waals surface area contributed by atoms with E-state index in [1.54, 1.807) is 27.7 Å². The molecule has 0 bridgehead atoms. The van der Waals surface area contributed by atoms with E-state index < -0.39 is 35.6 Å². The summed E-state index contributed by atoms with van der Waals surface area (Å²) in [6.07, 6.45) is -0.226. The Labute approximate surface area is 212 Å². The Morgan fingerprint density at radius 2 is 1.83 bits per heavy atom. The molecule has 0 radical (unpaired) electrons. The molecule has 3 heterocycles. The number of nitrogens with zero attached hydrogens (tertiary/aromatic N) is 1. The number of Topliss-reactive ketones (excluding diaryl/α,β-unsaturated/α-hetero) is 1. The second-order valence-electron chi connectivity index (χ2n) is 11.5. The van der Waals surface area contributed by atoms with Gasteiger partial charge in [0, 0.05) is 19.3 Å². The molecule has 2 aliphatic rings. The van der Waals surface area contributed by atoms with Crippen LogP contribution in [-0.2, 0) is 19.1 Å². The first-order valence-corrected chi connectivity index (χ1v) is 13.0. The summed E-state index contributed by atoms with van der Waals surface area (Å²) in [5, 5.41) is 21.7. The first-order chi connectivity index (χ1) is 16.8. The molecule has 2 saturated heterocycles. The number of aliphatic hydroxyl groups is 2. The maximum atomic E-state index is 13.2. The lowest BCUT2D eigenvalue weighted by Gasteiger charge is -2.34. The van der Waals surface area contributed by atoms with Gasteiger partial charge in [0.05, 0.1) is 35.7 Å². The van der Waals surface area contributed by atoms with Crippen molar-refractivity contribution in [1.82, 2.24) is 4.98 Å². The van der Waals surface area contributed by atoms with E-state index in [2.05, 4.69) is 11.9 Å². The number of hydrogen-bond acceptors (Lipinski definition) is 8. The van der Waals surface area contributed by atoms with Gasteiger partial charge in [-0.25, -0.2) is 4.98 Å². The molecule has 7 unspecified atom stereocenters. The van der Waals surface area contributed by atoms with Gasteiger partial charge < -0.3 is 24.1 Å². The van der Waals surface area contributed by atoms with Crippen LogP contribution in [0.1, 0.15) is 84.3 Å². The zero-order valence-electron chi connectivity index (χ0n) is 22.1. The molecule has 8 heteroatoms. The zero-order valence-corrected chi connectivity index (χ0v) is 22.1. The number of benzene rings is 1. The number of ether oxygens (including phenoxy) is 2. The summed E-state index contributed by atoms with van der Waals surface area (Å²) in [6, 6.07) is 5.54. The number of ketones is 1. The van der Waals surface area contributed by atoms with E-state index in [0.717, 1.165) is 30.3 Å². The van der Waals surface area contributed by atoms with Gasteiger partial charge in [-0.05, 0) is 43.4 Å². The molecule has 0 amide bonds. The molecule has 1 aromatic carbocycles. The van der Waals surface area contributed by atoms with Crippen molar-refractivity contribution in [2.75, 3.05) is 0 Å². The molecular weight excluding hydrogens is 462 g/mol. The molecule has 8 nitrogen and oxygen atoms in total. The maximum Gasteiger partial charge on any atom is 0.309 e. The van der Waals surface area contributed by atoms with E-state index in [4.69, 9.17) is 13.9 Å². The van der Waals surface area contributed by atoms with Crippen molar-refractivity contribution in [2.45, 2.75) is 104 Å². The maximum absolute atomic E-state index is 13.2. The first-order valence-electron chi connectivity index (χ1n) is 13.0. The summed E-state index contributed by atoms with van der Waals surface area (Å²) in [7, 11) is 0. The fraction of sp³-hybridized carbons (Fsp3) is 0.679. The second-order valence-corrected chi connectivity index (χ2v) is 11.5. The van der Waals surface area contributed by atoms with E-state index in [1.807, 2.05) is 25.1 Å². The van der Waals surface area contributed by atoms with Crippen molar-refractivity contribution in [3.63, 3.8) is 0 Å². The Balaban J connectivity index is 1.61. The van der Waals surface area contributed by atoms with E-state index in [1.165, 1.54) is 0 Å². The average molecular weight is 502 g/mol. The van der Waals surface area contributed by atoms with Crippen LogP contribution in [0.4, 0.5) is 0 Å². The molecule has 0 saturated carbocycles. The monoisotopic (exact) mass is 501 g/mol. The molecule has 2 aromatic rings. The van der Waals surface area contributed by atoms with Crippen LogP contribution in [0, 0.1) is 24.2 Å². The van der Waals surface area contributed by atoms with E-state index in [9.17, 15) is 19.8 Å². The van der Waals surface area contributed by atoms with Gasteiger partial charge in [-0.2, -0.15) is 0 Å². The second kappa shape index (κ2) is 9.88. The molecule has 4 rings (SSSR count). The normalized spacial score (nSPS) is 36.3. The number of aliphatic hydroxyl groups excluding tert-OH is 2. The number of aromatic nitrogens is 1. The highest BCUT2D eigenvalue weighted by Gasteiger charge is 2.53. The summed E-state index contributed by atoms with van der Waals surface area (Å²) in [4.78, 5) is 30.6. The largest absolute Gasteiger partial charge is 0.457 e. The lowest BCUT2D eigenvalue weighted by molar-refractivity contribution is -0.156. The Hall–Kier alpha value is -2.29. The Morgan fingerprint density at radius 1 is 1.11 bits per heavy atom.